The van der Waals surface area contributed by atoms with E-state index in [0.29, 0.717) is 19.6 Å². The van der Waals surface area contributed by atoms with E-state index in [9.17, 15) is 5.11 Å². The van der Waals surface area contributed by atoms with Crippen LogP contribution in [-0.2, 0) is 17.8 Å². The minimum absolute atomic E-state index is 0.365. The van der Waals surface area contributed by atoms with E-state index in [-0.39, 0.29) is 0 Å². The minimum Gasteiger partial charge on any atom is -0.390 e. The lowest BCUT2D eigenvalue weighted by molar-refractivity contribution is 0.0288. The van der Waals surface area contributed by atoms with E-state index in [0.717, 1.165) is 11.1 Å². The summed E-state index contributed by atoms with van der Waals surface area (Å²) in [5, 5.41) is 9.86. The zero-order valence-electron chi connectivity index (χ0n) is 10.3. The first-order valence-corrected chi connectivity index (χ1v) is 6.18. The molecule has 0 heterocycles. The maximum absolute atomic E-state index is 9.86. The molecule has 2 nitrogen and oxygen atoms in total. The number of rotatable bonds is 6. The van der Waals surface area contributed by atoms with Gasteiger partial charge in [0.1, 0.15) is 0 Å². The van der Waals surface area contributed by atoms with Crippen LogP contribution in [0.3, 0.4) is 0 Å². The molecule has 18 heavy (non-hydrogen) atoms. The molecule has 1 atom stereocenters. The van der Waals surface area contributed by atoms with Gasteiger partial charge in [-0.3, -0.25) is 0 Å². The summed E-state index contributed by atoms with van der Waals surface area (Å²) in [5.74, 6) is 0. The van der Waals surface area contributed by atoms with Crippen LogP contribution >= 0.6 is 0 Å². The quantitative estimate of drug-likeness (QED) is 0.844. The Morgan fingerprint density at radius 1 is 0.833 bits per heavy atom. The molecule has 0 aliphatic rings. The lowest BCUT2D eigenvalue weighted by Gasteiger charge is -2.11. The predicted octanol–water partition coefficient (Wildman–Crippen LogP) is 2.81. The largest absolute Gasteiger partial charge is 0.390 e. The van der Waals surface area contributed by atoms with E-state index in [2.05, 4.69) is 0 Å². The number of aliphatic hydroxyl groups excluding tert-OH is 1. The molecule has 0 spiro atoms. The molecule has 94 valence electrons. The van der Waals surface area contributed by atoms with Gasteiger partial charge in [-0.1, -0.05) is 60.7 Å². The molecule has 2 aromatic rings. The van der Waals surface area contributed by atoms with Crippen LogP contribution in [-0.4, -0.2) is 17.8 Å². The van der Waals surface area contributed by atoms with E-state index >= 15 is 0 Å². The third-order valence-corrected chi connectivity index (χ3v) is 2.74. The Kier molecular flexibility index (Phi) is 4.94. The van der Waals surface area contributed by atoms with E-state index in [1.54, 1.807) is 0 Å². The predicted molar refractivity (Wildman–Crippen MR) is 72.3 cm³/mol. The second kappa shape index (κ2) is 6.94. The fourth-order valence-electron chi connectivity index (χ4n) is 1.83. The summed E-state index contributed by atoms with van der Waals surface area (Å²) in [6, 6.07) is 19.9. The highest BCUT2D eigenvalue weighted by Crippen LogP contribution is 2.05. The Hall–Kier alpha value is -1.64. The van der Waals surface area contributed by atoms with Crippen molar-refractivity contribution < 1.29 is 9.84 Å². The summed E-state index contributed by atoms with van der Waals surface area (Å²) in [6.07, 6.45) is 0.187. The molecule has 0 unspecified atom stereocenters. The van der Waals surface area contributed by atoms with Gasteiger partial charge in [-0.15, -0.1) is 0 Å². The molecule has 0 aliphatic carbocycles. The van der Waals surface area contributed by atoms with E-state index in [1.807, 2.05) is 60.7 Å². The lowest BCUT2D eigenvalue weighted by Crippen LogP contribution is -2.18. The summed E-state index contributed by atoms with van der Waals surface area (Å²) < 4.78 is 5.50. The summed E-state index contributed by atoms with van der Waals surface area (Å²) >= 11 is 0. The highest BCUT2D eigenvalue weighted by atomic mass is 16.5. The minimum atomic E-state index is -0.448. The first-order valence-electron chi connectivity index (χ1n) is 6.18. The topological polar surface area (TPSA) is 29.5 Å². The molecule has 0 amide bonds. The van der Waals surface area contributed by atoms with Crippen molar-refractivity contribution in [3.05, 3.63) is 71.8 Å². The Labute approximate surface area is 108 Å². The fourth-order valence-corrected chi connectivity index (χ4v) is 1.83. The van der Waals surface area contributed by atoms with Crippen LogP contribution in [0.25, 0.3) is 0 Å². The van der Waals surface area contributed by atoms with Gasteiger partial charge >= 0.3 is 0 Å². The van der Waals surface area contributed by atoms with E-state index < -0.39 is 6.10 Å². The van der Waals surface area contributed by atoms with Crippen molar-refractivity contribution in [2.24, 2.45) is 0 Å². The Morgan fingerprint density at radius 2 is 1.39 bits per heavy atom. The van der Waals surface area contributed by atoms with Crippen molar-refractivity contribution in [3.63, 3.8) is 0 Å². The molecule has 0 aromatic heterocycles. The molecule has 0 saturated heterocycles. The third-order valence-electron chi connectivity index (χ3n) is 2.74. The van der Waals surface area contributed by atoms with Gasteiger partial charge in [0.2, 0.25) is 0 Å². The Morgan fingerprint density at radius 3 is 2.00 bits per heavy atom. The monoisotopic (exact) mass is 242 g/mol. The summed E-state index contributed by atoms with van der Waals surface area (Å²) in [6.45, 7) is 0.913. The number of hydrogen-bond acceptors (Lipinski definition) is 2. The molecular weight excluding hydrogens is 224 g/mol. The number of hydrogen-bond donors (Lipinski definition) is 1. The molecule has 0 aliphatic heterocycles. The van der Waals surface area contributed by atoms with Gasteiger partial charge in [-0.05, 0) is 11.1 Å². The van der Waals surface area contributed by atoms with Crippen LogP contribution in [0.15, 0.2) is 60.7 Å². The van der Waals surface area contributed by atoms with Gasteiger partial charge in [-0.2, -0.15) is 0 Å². The second-order valence-electron chi connectivity index (χ2n) is 4.34. The molecule has 2 aromatic carbocycles. The standard InChI is InChI=1S/C16H18O2/c17-16(11-14-7-3-1-4-8-14)13-18-12-15-9-5-2-6-10-15/h1-10,16-17H,11-13H2/t16-/m1/s1. The van der Waals surface area contributed by atoms with Gasteiger partial charge in [0.05, 0.1) is 19.3 Å². The molecular formula is C16H18O2. The smallest absolute Gasteiger partial charge is 0.0814 e. The van der Waals surface area contributed by atoms with Crippen molar-refractivity contribution in [2.45, 2.75) is 19.1 Å². The number of ether oxygens (including phenoxy) is 1. The van der Waals surface area contributed by atoms with Crippen molar-refractivity contribution in [1.29, 1.82) is 0 Å². The summed E-state index contributed by atoms with van der Waals surface area (Å²) in [4.78, 5) is 0. The maximum Gasteiger partial charge on any atom is 0.0814 e. The molecule has 1 N–H and O–H groups in total. The molecule has 0 fully saturated rings. The van der Waals surface area contributed by atoms with Crippen molar-refractivity contribution in [3.8, 4) is 0 Å². The van der Waals surface area contributed by atoms with Crippen LogP contribution in [0.1, 0.15) is 11.1 Å². The SMILES string of the molecule is O[C@@H](COCc1ccccc1)Cc1ccccc1. The highest BCUT2D eigenvalue weighted by molar-refractivity contribution is 5.15. The summed E-state index contributed by atoms with van der Waals surface area (Å²) in [5.41, 5.74) is 2.26. The molecule has 0 bridgehead atoms. The second-order valence-corrected chi connectivity index (χ2v) is 4.34. The zero-order chi connectivity index (χ0) is 12.6. The molecule has 0 radical (unpaired) electrons. The van der Waals surface area contributed by atoms with Crippen molar-refractivity contribution in [2.75, 3.05) is 6.61 Å². The van der Waals surface area contributed by atoms with Crippen LogP contribution < -0.4 is 0 Å². The van der Waals surface area contributed by atoms with Gasteiger partial charge in [0.25, 0.3) is 0 Å². The van der Waals surface area contributed by atoms with E-state index in [1.165, 1.54) is 0 Å². The molecule has 0 saturated carbocycles. The number of benzene rings is 2. The normalized spacial score (nSPS) is 12.3. The van der Waals surface area contributed by atoms with Gasteiger partial charge < -0.3 is 9.84 Å². The Balaban J connectivity index is 1.71. The summed E-state index contributed by atoms with van der Waals surface area (Å²) in [7, 11) is 0. The average molecular weight is 242 g/mol. The zero-order valence-corrected chi connectivity index (χ0v) is 10.3. The first kappa shape index (κ1) is 12.8. The van der Waals surface area contributed by atoms with Gasteiger partial charge in [0, 0.05) is 6.42 Å². The highest BCUT2D eigenvalue weighted by Gasteiger charge is 2.05. The van der Waals surface area contributed by atoms with Gasteiger partial charge in [-0.25, -0.2) is 0 Å². The first-order chi connectivity index (χ1) is 8.84. The van der Waals surface area contributed by atoms with Crippen LogP contribution in [0.2, 0.25) is 0 Å². The maximum atomic E-state index is 9.86. The lowest BCUT2D eigenvalue weighted by atomic mass is 10.1. The fraction of sp³-hybridized carbons (Fsp3) is 0.250. The third kappa shape index (κ3) is 4.32. The number of aliphatic hydroxyl groups is 1. The van der Waals surface area contributed by atoms with Crippen LogP contribution in [0, 0.1) is 0 Å². The van der Waals surface area contributed by atoms with Crippen molar-refractivity contribution in [1.82, 2.24) is 0 Å². The van der Waals surface area contributed by atoms with E-state index in [4.69, 9.17) is 4.74 Å². The van der Waals surface area contributed by atoms with Gasteiger partial charge in [0.15, 0.2) is 0 Å². The molecule has 2 rings (SSSR count). The Bertz CT molecular complexity index is 439. The van der Waals surface area contributed by atoms with Crippen LogP contribution in [0.4, 0.5) is 0 Å². The molecule has 2 heteroatoms. The average Bonchev–Trinajstić information content (AvgIpc) is 2.41. The van der Waals surface area contributed by atoms with Crippen LogP contribution in [0.5, 0.6) is 0 Å². The van der Waals surface area contributed by atoms with Crippen molar-refractivity contribution >= 4 is 0 Å².